The van der Waals surface area contributed by atoms with Gasteiger partial charge < -0.3 is 20.5 Å². The van der Waals surface area contributed by atoms with Crippen LogP contribution in [-0.4, -0.2) is 24.3 Å². The zero-order valence-corrected chi connectivity index (χ0v) is 14.6. The molecule has 2 aromatic carbocycles. The number of benzene rings is 2. The first-order chi connectivity index (χ1) is 12.0. The van der Waals surface area contributed by atoms with Gasteiger partial charge in [-0.3, -0.25) is 9.59 Å². The second-order valence-electron chi connectivity index (χ2n) is 4.99. The minimum Gasteiger partial charge on any atom is -0.548 e. The minimum atomic E-state index is -1.43. The Morgan fingerprint density at radius 1 is 1.04 bits per heavy atom. The molecule has 0 aliphatic heterocycles. The van der Waals surface area contributed by atoms with Gasteiger partial charge in [0.25, 0.3) is 11.8 Å². The molecule has 0 aromatic heterocycles. The molecule has 6 nitrogen and oxygen atoms in total. The van der Waals surface area contributed by atoms with Crippen molar-refractivity contribution < 1.29 is 19.5 Å². The molecule has 0 fully saturated rings. The smallest absolute Gasteiger partial charge is 0.268 e. The van der Waals surface area contributed by atoms with Crippen molar-refractivity contribution in [2.45, 2.75) is 0 Å². The third kappa shape index (κ3) is 5.89. The van der Waals surface area contributed by atoms with Crippen LogP contribution in [0.2, 0.25) is 0 Å². The number of carbonyl (C=O) groups excluding carboxylic acids is 3. The van der Waals surface area contributed by atoms with Gasteiger partial charge in [0, 0.05) is 10.0 Å². The van der Waals surface area contributed by atoms with E-state index in [9.17, 15) is 19.5 Å². The maximum absolute atomic E-state index is 12.3. The van der Waals surface area contributed by atoms with Crippen LogP contribution in [0, 0.1) is 0 Å². The maximum atomic E-state index is 12.3. The summed E-state index contributed by atoms with van der Waals surface area (Å²) < 4.78 is 0.796. The monoisotopic (exact) mass is 401 g/mol. The van der Waals surface area contributed by atoms with E-state index in [0.717, 1.165) is 4.47 Å². The summed E-state index contributed by atoms with van der Waals surface area (Å²) in [5.41, 5.74) is 0.949. The molecule has 0 spiro atoms. The van der Waals surface area contributed by atoms with Crippen LogP contribution < -0.4 is 15.7 Å². The molecular formula is C18H14BrN2O4-. The highest BCUT2D eigenvalue weighted by molar-refractivity contribution is 9.10. The van der Waals surface area contributed by atoms with Crippen molar-refractivity contribution in [3.8, 4) is 0 Å². The largest absolute Gasteiger partial charge is 0.548 e. The Kier molecular flexibility index (Phi) is 6.47. The number of nitrogens with one attached hydrogen (secondary N) is 2. The van der Waals surface area contributed by atoms with Gasteiger partial charge in [0.05, 0.1) is 12.5 Å². The standard InChI is InChI=1S/C18H15BrN2O4/c19-14-8-4-5-12(9-14)10-15(18(25)20-11-16(22)23)21-17(24)13-6-2-1-3-7-13/h1-10H,11H2,(H,20,25)(H,21,24)(H,22,23)/p-1/b15-10+. The van der Waals surface area contributed by atoms with Crippen molar-refractivity contribution in [1.29, 1.82) is 0 Å². The number of aliphatic carboxylic acids is 1. The molecule has 128 valence electrons. The van der Waals surface area contributed by atoms with E-state index >= 15 is 0 Å². The number of carbonyl (C=O) groups is 3. The van der Waals surface area contributed by atoms with Crippen molar-refractivity contribution in [3.05, 3.63) is 75.9 Å². The summed E-state index contributed by atoms with van der Waals surface area (Å²) in [6.07, 6.45) is 1.45. The van der Waals surface area contributed by atoms with E-state index in [1.807, 2.05) is 6.07 Å². The zero-order chi connectivity index (χ0) is 18.2. The summed E-state index contributed by atoms with van der Waals surface area (Å²) in [5.74, 6) is -2.64. The third-order valence-electron chi connectivity index (χ3n) is 3.08. The molecule has 0 heterocycles. The fourth-order valence-corrected chi connectivity index (χ4v) is 2.37. The van der Waals surface area contributed by atoms with E-state index in [-0.39, 0.29) is 5.70 Å². The molecule has 0 saturated heterocycles. The van der Waals surface area contributed by atoms with Crippen LogP contribution in [0.4, 0.5) is 0 Å². The van der Waals surface area contributed by atoms with Crippen LogP contribution in [0.25, 0.3) is 6.08 Å². The highest BCUT2D eigenvalue weighted by Gasteiger charge is 2.14. The molecular weight excluding hydrogens is 388 g/mol. The first-order valence-electron chi connectivity index (χ1n) is 7.27. The van der Waals surface area contributed by atoms with Crippen LogP contribution in [0.3, 0.4) is 0 Å². The van der Waals surface area contributed by atoms with E-state index in [1.54, 1.807) is 48.5 Å². The summed E-state index contributed by atoms with van der Waals surface area (Å²) in [4.78, 5) is 35.0. The fraction of sp³-hybridized carbons (Fsp3) is 0.0556. The van der Waals surface area contributed by atoms with Crippen LogP contribution in [0.15, 0.2) is 64.8 Å². The quantitative estimate of drug-likeness (QED) is 0.707. The summed E-state index contributed by atoms with van der Waals surface area (Å²) in [5, 5.41) is 15.2. The molecule has 0 radical (unpaired) electrons. The lowest BCUT2D eigenvalue weighted by molar-refractivity contribution is -0.303. The minimum absolute atomic E-state index is 0.0757. The van der Waals surface area contributed by atoms with E-state index in [0.29, 0.717) is 11.1 Å². The topological polar surface area (TPSA) is 98.3 Å². The lowest BCUT2D eigenvalue weighted by Gasteiger charge is -2.11. The number of rotatable bonds is 6. The number of amides is 2. The van der Waals surface area contributed by atoms with E-state index in [2.05, 4.69) is 26.6 Å². The SMILES string of the molecule is O=C([O-])CNC(=O)/C(=C\c1cccc(Br)c1)NC(=O)c1ccccc1. The van der Waals surface area contributed by atoms with Crippen LogP contribution in [0.1, 0.15) is 15.9 Å². The Balaban J connectivity index is 2.26. The van der Waals surface area contributed by atoms with Gasteiger partial charge in [0.2, 0.25) is 0 Å². The van der Waals surface area contributed by atoms with E-state index in [1.165, 1.54) is 6.08 Å². The van der Waals surface area contributed by atoms with Crippen molar-refractivity contribution in [1.82, 2.24) is 10.6 Å². The van der Waals surface area contributed by atoms with Crippen LogP contribution in [0.5, 0.6) is 0 Å². The summed E-state index contributed by atoms with van der Waals surface area (Å²) in [6.45, 7) is -0.657. The van der Waals surface area contributed by atoms with Gasteiger partial charge in [-0.1, -0.05) is 46.3 Å². The first kappa shape index (κ1) is 18.4. The Bertz CT molecular complexity index is 819. The van der Waals surface area contributed by atoms with Crippen LogP contribution in [-0.2, 0) is 9.59 Å². The maximum Gasteiger partial charge on any atom is 0.268 e. The van der Waals surface area contributed by atoms with Gasteiger partial charge in [-0.25, -0.2) is 0 Å². The lowest BCUT2D eigenvalue weighted by atomic mass is 10.1. The Morgan fingerprint density at radius 3 is 2.40 bits per heavy atom. The normalized spacial score (nSPS) is 10.8. The Hall–Kier alpha value is -2.93. The Morgan fingerprint density at radius 2 is 1.76 bits per heavy atom. The van der Waals surface area contributed by atoms with E-state index < -0.39 is 24.3 Å². The molecule has 0 bridgehead atoms. The third-order valence-corrected chi connectivity index (χ3v) is 3.58. The van der Waals surface area contributed by atoms with Gasteiger partial charge in [-0.2, -0.15) is 0 Å². The number of hydrogen-bond donors (Lipinski definition) is 2. The van der Waals surface area contributed by atoms with Crippen molar-refractivity contribution >= 4 is 39.8 Å². The zero-order valence-electron chi connectivity index (χ0n) is 13.0. The summed E-state index contributed by atoms with van der Waals surface area (Å²) in [7, 11) is 0. The second-order valence-corrected chi connectivity index (χ2v) is 5.90. The second kappa shape index (κ2) is 8.79. The predicted octanol–water partition coefficient (Wildman–Crippen LogP) is 1.09. The molecule has 0 aliphatic carbocycles. The molecule has 25 heavy (non-hydrogen) atoms. The number of carboxylic acid groups (broad SMARTS) is 1. The highest BCUT2D eigenvalue weighted by atomic mass is 79.9. The number of carboxylic acids is 1. The van der Waals surface area contributed by atoms with Gasteiger partial charge in [0.15, 0.2) is 0 Å². The summed E-state index contributed by atoms with van der Waals surface area (Å²) >= 11 is 3.32. The fourth-order valence-electron chi connectivity index (χ4n) is 1.95. The van der Waals surface area contributed by atoms with Crippen molar-refractivity contribution in [2.24, 2.45) is 0 Å². The molecule has 2 aromatic rings. The first-order valence-corrected chi connectivity index (χ1v) is 8.06. The predicted molar refractivity (Wildman–Crippen MR) is 94.0 cm³/mol. The molecule has 0 saturated carbocycles. The highest BCUT2D eigenvalue weighted by Crippen LogP contribution is 2.14. The summed E-state index contributed by atoms with van der Waals surface area (Å²) in [6, 6.07) is 15.4. The molecule has 7 heteroatoms. The number of halogens is 1. The van der Waals surface area contributed by atoms with Gasteiger partial charge in [0.1, 0.15) is 5.70 Å². The average molecular weight is 402 g/mol. The average Bonchev–Trinajstić information content (AvgIpc) is 2.59. The molecule has 2 amide bonds. The number of hydrogen-bond acceptors (Lipinski definition) is 4. The molecule has 2 rings (SSSR count). The van der Waals surface area contributed by atoms with E-state index in [4.69, 9.17) is 0 Å². The molecule has 0 atom stereocenters. The molecule has 0 aliphatic rings. The van der Waals surface area contributed by atoms with Gasteiger partial charge in [-0.05, 0) is 35.9 Å². The van der Waals surface area contributed by atoms with Crippen LogP contribution >= 0.6 is 15.9 Å². The van der Waals surface area contributed by atoms with Gasteiger partial charge in [-0.15, -0.1) is 0 Å². The van der Waals surface area contributed by atoms with Gasteiger partial charge >= 0.3 is 0 Å². The molecule has 0 unspecified atom stereocenters. The van der Waals surface area contributed by atoms with Crippen molar-refractivity contribution in [2.75, 3.05) is 6.54 Å². The van der Waals surface area contributed by atoms with Crippen molar-refractivity contribution in [3.63, 3.8) is 0 Å². The molecule has 2 N–H and O–H groups in total. The Labute approximate surface area is 152 Å². The lowest BCUT2D eigenvalue weighted by Crippen LogP contribution is -2.41.